The molecule has 7 nitrogen and oxygen atoms in total. The summed E-state index contributed by atoms with van der Waals surface area (Å²) in [6.07, 6.45) is 6.30. The Morgan fingerprint density at radius 2 is 2.04 bits per heavy atom. The highest BCUT2D eigenvalue weighted by molar-refractivity contribution is 5.89. The first-order chi connectivity index (χ1) is 12.2. The predicted molar refractivity (Wildman–Crippen MR) is 92.7 cm³/mol. The van der Waals surface area contributed by atoms with Gasteiger partial charge < -0.3 is 15.1 Å². The van der Waals surface area contributed by atoms with E-state index in [-0.39, 0.29) is 17.7 Å². The number of carbonyl (C=O) groups is 2. The molecule has 2 aliphatic heterocycles. The Hall–Kier alpha value is -2.18. The maximum Gasteiger partial charge on any atom is 0.227 e. The zero-order valence-corrected chi connectivity index (χ0v) is 14.4. The van der Waals surface area contributed by atoms with E-state index in [2.05, 4.69) is 15.5 Å². The zero-order chi connectivity index (χ0) is 17.2. The van der Waals surface area contributed by atoms with Gasteiger partial charge in [0.2, 0.25) is 11.8 Å². The number of aromatic nitrogens is 2. The molecule has 1 N–H and O–H groups in total. The number of likely N-dealkylation sites (tertiary alicyclic amines) is 2. The second-order valence-corrected chi connectivity index (χ2v) is 7.50. The van der Waals surface area contributed by atoms with Crippen LogP contribution in [-0.4, -0.2) is 64.0 Å². The van der Waals surface area contributed by atoms with Crippen molar-refractivity contribution in [2.45, 2.75) is 38.1 Å². The molecular weight excluding hydrogens is 318 g/mol. The molecule has 0 unspecified atom stereocenters. The van der Waals surface area contributed by atoms with Gasteiger partial charge >= 0.3 is 0 Å². The van der Waals surface area contributed by atoms with Crippen LogP contribution >= 0.6 is 0 Å². The molecular formula is C18H25N5O2. The number of carbonyl (C=O) groups excluding carboxylic acids is 2. The fourth-order valence-electron chi connectivity index (χ4n) is 3.82. The Balaban J connectivity index is 1.26. The standard InChI is InChI=1S/C18H25N5O2/c24-17-10-14(12-23(17)11-13-3-4-13)18(25)22-8-5-15(6-9-22)20-16-2-1-7-19-21-16/h1-2,7,13-15H,3-6,8-12H2,(H,20,21)/t14-/m0/s1. The van der Waals surface area contributed by atoms with Gasteiger partial charge in [-0.15, -0.1) is 5.10 Å². The summed E-state index contributed by atoms with van der Waals surface area (Å²) in [5.74, 6) is 1.63. The van der Waals surface area contributed by atoms with Crippen LogP contribution in [0.15, 0.2) is 18.3 Å². The molecule has 25 heavy (non-hydrogen) atoms. The second-order valence-electron chi connectivity index (χ2n) is 7.50. The van der Waals surface area contributed by atoms with Crippen LogP contribution in [0.1, 0.15) is 32.1 Å². The average molecular weight is 343 g/mol. The van der Waals surface area contributed by atoms with Gasteiger partial charge in [-0.2, -0.15) is 5.10 Å². The molecule has 0 bridgehead atoms. The van der Waals surface area contributed by atoms with Crippen molar-refractivity contribution in [2.75, 3.05) is 31.5 Å². The van der Waals surface area contributed by atoms with E-state index >= 15 is 0 Å². The first-order valence-electron chi connectivity index (χ1n) is 9.30. The summed E-state index contributed by atoms with van der Waals surface area (Å²) >= 11 is 0. The van der Waals surface area contributed by atoms with Crippen LogP contribution in [0.2, 0.25) is 0 Å². The second kappa shape index (κ2) is 6.98. The lowest BCUT2D eigenvalue weighted by Crippen LogP contribution is -2.45. The number of nitrogens with zero attached hydrogens (tertiary/aromatic N) is 4. The Labute approximate surface area is 147 Å². The molecule has 3 heterocycles. The molecule has 3 aliphatic rings. The van der Waals surface area contributed by atoms with Gasteiger partial charge in [-0.3, -0.25) is 9.59 Å². The molecule has 3 fully saturated rings. The minimum atomic E-state index is -0.143. The van der Waals surface area contributed by atoms with Gasteiger partial charge in [0, 0.05) is 44.8 Å². The highest BCUT2D eigenvalue weighted by Crippen LogP contribution is 2.32. The SMILES string of the molecule is O=C1C[C@H](C(=O)N2CCC(Nc3cccnn3)CC2)CN1CC1CC1. The molecule has 1 saturated carbocycles. The first kappa shape index (κ1) is 16.3. The van der Waals surface area contributed by atoms with Crippen LogP contribution < -0.4 is 5.32 Å². The number of hydrogen-bond acceptors (Lipinski definition) is 5. The van der Waals surface area contributed by atoms with E-state index in [1.54, 1.807) is 6.20 Å². The van der Waals surface area contributed by atoms with Gasteiger partial charge in [-0.1, -0.05) is 0 Å². The minimum absolute atomic E-state index is 0.143. The Kier molecular flexibility index (Phi) is 4.55. The van der Waals surface area contributed by atoms with Crippen molar-refractivity contribution in [1.82, 2.24) is 20.0 Å². The molecule has 2 saturated heterocycles. The summed E-state index contributed by atoms with van der Waals surface area (Å²) in [4.78, 5) is 28.7. The molecule has 0 aromatic carbocycles. The van der Waals surface area contributed by atoms with Crippen LogP contribution in [-0.2, 0) is 9.59 Å². The summed E-state index contributed by atoms with van der Waals surface area (Å²) in [7, 11) is 0. The molecule has 0 radical (unpaired) electrons. The summed E-state index contributed by atoms with van der Waals surface area (Å²) in [6.45, 7) is 2.95. The molecule has 2 amide bonds. The van der Waals surface area contributed by atoms with Gasteiger partial charge in [0.25, 0.3) is 0 Å². The summed E-state index contributed by atoms with van der Waals surface area (Å²) < 4.78 is 0. The highest BCUT2D eigenvalue weighted by Gasteiger charge is 2.39. The van der Waals surface area contributed by atoms with Crippen LogP contribution in [0, 0.1) is 11.8 Å². The van der Waals surface area contributed by atoms with Crippen molar-refractivity contribution in [2.24, 2.45) is 11.8 Å². The number of hydrogen-bond donors (Lipinski definition) is 1. The van der Waals surface area contributed by atoms with Gasteiger partial charge in [-0.05, 0) is 43.7 Å². The van der Waals surface area contributed by atoms with E-state index in [0.29, 0.717) is 24.9 Å². The largest absolute Gasteiger partial charge is 0.366 e. The third-order valence-corrected chi connectivity index (χ3v) is 5.47. The Morgan fingerprint density at radius 3 is 2.72 bits per heavy atom. The quantitative estimate of drug-likeness (QED) is 0.867. The van der Waals surface area contributed by atoms with E-state index in [0.717, 1.165) is 38.3 Å². The third-order valence-electron chi connectivity index (χ3n) is 5.47. The number of rotatable bonds is 5. The first-order valence-corrected chi connectivity index (χ1v) is 9.30. The minimum Gasteiger partial charge on any atom is -0.366 e. The van der Waals surface area contributed by atoms with Gasteiger partial charge in [0.15, 0.2) is 0 Å². The number of nitrogens with one attached hydrogen (secondary N) is 1. The number of piperidine rings is 1. The number of anilines is 1. The fraction of sp³-hybridized carbons (Fsp3) is 0.667. The van der Waals surface area contributed by atoms with E-state index in [1.165, 1.54) is 12.8 Å². The normalized spacial score (nSPS) is 24.6. The van der Waals surface area contributed by atoms with E-state index in [4.69, 9.17) is 0 Å². The van der Waals surface area contributed by atoms with Crippen LogP contribution in [0.4, 0.5) is 5.82 Å². The lowest BCUT2D eigenvalue weighted by Gasteiger charge is -2.34. The van der Waals surface area contributed by atoms with Crippen molar-refractivity contribution in [1.29, 1.82) is 0 Å². The van der Waals surface area contributed by atoms with Crippen LogP contribution in [0.3, 0.4) is 0 Å². The molecule has 7 heteroatoms. The van der Waals surface area contributed by atoms with Crippen LogP contribution in [0.5, 0.6) is 0 Å². The summed E-state index contributed by atoms with van der Waals surface area (Å²) in [6, 6.07) is 4.08. The maximum absolute atomic E-state index is 12.8. The third kappa shape index (κ3) is 3.91. The van der Waals surface area contributed by atoms with Crippen LogP contribution in [0.25, 0.3) is 0 Å². The van der Waals surface area contributed by atoms with Crippen molar-refractivity contribution < 1.29 is 9.59 Å². The summed E-state index contributed by atoms with van der Waals surface area (Å²) in [5.41, 5.74) is 0. The van der Waals surface area contributed by atoms with Gasteiger partial charge in [0.05, 0.1) is 5.92 Å². The van der Waals surface area contributed by atoms with E-state index in [9.17, 15) is 9.59 Å². The summed E-state index contributed by atoms with van der Waals surface area (Å²) in [5, 5.41) is 11.3. The molecule has 1 aliphatic carbocycles. The Morgan fingerprint density at radius 1 is 1.24 bits per heavy atom. The fourth-order valence-corrected chi connectivity index (χ4v) is 3.82. The molecule has 134 valence electrons. The van der Waals surface area contributed by atoms with Gasteiger partial charge in [0.1, 0.15) is 5.82 Å². The van der Waals surface area contributed by atoms with Crippen molar-refractivity contribution >= 4 is 17.6 Å². The maximum atomic E-state index is 12.8. The predicted octanol–water partition coefficient (Wildman–Crippen LogP) is 1.14. The topological polar surface area (TPSA) is 78.4 Å². The highest BCUT2D eigenvalue weighted by atomic mass is 16.2. The molecule has 1 aromatic heterocycles. The smallest absolute Gasteiger partial charge is 0.227 e. The zero-order valence-electron chi connectivity index (χ0n) is 14.4. The molecule has 4 rings (SSSR count). The Bertz CT molecular complexity index is 626. The lowest BCUT2D eigenvalue weighted by atomic mass is 10.0. The van der Waals surface area contributed by atoms with E-state index in [1.807, 2.05) is 21.9 Å². The molecule has 0 spiro atoms. The van der Waals surface area contributed by atoms with Crippen molar-refractivity contribution in [3.63, 3.8) is 0 Å². The molecule has 1 atom stereocenters. The lowest BCUT2D eigenvalue weighted by molar-refractivity contribution is -0.136. The van der Waals surface area contributed by atoms with Crippen molar-refractivity contribution in [3.05, 3.63) is 18.3 Å². The monoisotopic (exact) mass is 343 g/mol. The van der Waals surface area contributed by atoms with E-state index < -0.39 is 0 Å². The number of amides is 2. The van der Waals surface area contributed by atoms with Crippen molar-refractivity contribution in [3.8, 4) is 0 Å². The van der Waals surface area contributed by atoms with Gasteiger partial charge in [-0.25, -0.2) is 0 Å². The average Bonchev–Trinajstić information content (AvgIpc) is 3.38. The molecule has 1 aromatic rings.